The number of hydrogen-bond acceptors (Lipinski definition) is 1. The van der Waals surface area contributed by atoms with Crippen molar-refractivity contribution in [1.82, 2.24) is 0 Å². The van der Waals surface area contributed by atoms with Gasteiger partial charge in [0.15, 0.2) is 23.2 Å². The highest BCUT2D eigenvalue weighted by molar-refractivity contribution is 5.52. The van der Waals surface area contributed by atoms with Gasteiger partial charge in [-0.2, -0.15) is 0 Å². The average molecular weight is 471 g/mol. The van der Waals surface area contributed by atoms with E-state index in [2.05, 4.69) is 6.92 Å². The molecular weight excluding hydrogens is 433 g/mol. The molecule has 184 valence electrons. The third kappa shape index (κ3) is 5.70. The van der Waals surface area contributed by atoms with Crippen molar-refractivity contribution >= 4 is 6.08 Å². The Morgan fingerprint density at radius 3 is 2.18 bits per heavy atom. The quantitative estimate of drug-likeness (QED) is 0.392. The molecule has 4 heteroatoms. The molecule has 34 heavy (non-hydrogen) atoms. The second-order valence-corrected chi connectivity index (χ2v) is 10.1. The lowest BCUT2D eigenvalue weighted by Gasteiger charge is -2.28. The molecular formula is C30H37F3O. The van der Waals surface area contributed by atoms with E-state index in [4.69, 9.17) is 4.74 Å². The van der Waals surface area contributed by atoms with Crippen LogP contribution < -0.4 is 4.74 Å². The van der Waals surface area contributed by atoms with Crippen LogP contribution >= 0.6 is 0 Å². The number of benzene rings is 2. The fourth-order valence-electron chi connectivity index (χ4n) is 5.83. The van der Waals surface area contributed by atoms with Crippen molar-refractivity contribution in [3.8, 4) is 5.75 Å². The number of rotatable bonds is 7. The van der Waals surface area contributed by atoms with Crippen molar-refractivity contribution in [1.29, 1.82) is 0 Å². The average Bonchev–Trinajstić information content (AvgIpc) is 2.87. The summed E-state index contributed by atoms with van der Waals surface area (Å²) in [7, 11) is 0. The van der Waals surface area contributed by atoms with Crippen LogP contribution in [0.4, 0.5) is 13.2 Å². The Kier molecular flexibility index (Phi) is 8.39. The molecule has 0 amide bonds. The van der Waals surface area contributed by atoms with Crippen molar-refractivity contribution in [3.05, 3.63) is 70.5 Å². The molecule has 0 aromatic heterocycles. The molecule has 2 fully saturated rings. The van der Waals surface area contributed by atoms with Crippen LogP contribution in [0.5, 0.6) is 5.75 Å². The van der Waals surface area contributed by atoms with Crippen LogP contribution in [0.15, 0.2) is 36.4 Å². The van der Waals surface area contributed by atoms with Crippen LogP contribution in [0.2, 0.25) is 0 Å². The van der Waals surface area contributed by atoms with Gasteiger partial charge in [-0.25, -0.2) is 13.2 Å². The van der Waals surface area contributed by atoms with Crippen molar-refractivity contribution in [2.45, 2.75) is 83.5 Å². The number of allylic oxidation sites excluding steroid dienone is 1. The van der Waals surface area contributed by atoms with Gasteiger partial charge in [0.05, 0.1) is 6.61 Å². The van der Waals surface area contributed by atoms with Crippen LogP contribution in [0.1, 0.15) is 100 Å². The Labute approximate surface area is 202 Å². The third-order valence-corrected chi connectivity index (χ3v) is 8.05. The van der Waals surface area contributed by atoms with Gasteiger partial charge in [0.25, 0.3) is 0 Å². The zero-order valence-corrected chi connectivity index (χ0v) is 20.5. The number of halogens is 3. The van der Waals surface area contributed by atoms with Gasteiger partial charge in [0.2, 0.25) is 0 Å². The summed E-state index contributed by atoms with van der Waals surface area (Å²) in [4.78, 5) is 0. The molecule has 0 N–H and O–H groups in total. The SMILES string of the molecule is CCOc1ccc(C2CCC(C=Cc3ccc(C4CCC(CC)CC4)c(F)c3F)CC2)cc1F. The maximum absolute atomic E-state index is 14.9. The van der Waals surface area contributed by atoms with E-state index in [1.54, 1.807) is 30.3 Å². The minimum atomic E-state index is -0.718. The molecule has 4 rings (SSSR count). The molecule has 2 aliphatic carbocycles. The lowest BCUT2D eigenvalue weighted by atomic mass is 9.77. The summed E-state index contributed by atoms with van der Waals surface area (Å²) in [6.07, 6.45) is 12.9. The summed E-state index contributed by atoms with van der Waals surface area (Å²) >= 11 is 0. The Morgan fingerprint density at radius 2 is 1.53 bits per heavy atom. The van der Waals surface area contributed by atoms with Crippen molar-refractivity contribution in [2.75, 3.05) is 6.61 Å². The molecule has 2 aromatic carbocycles. The monoisotopic (exact) mass is 470 g/mol. The van der Waals surface area contributed by atoms with Gasteiger partial charge in [0, 0.05) is 5.56 Å². The molecule has 0 atom stereocenters. The Bertz CT molecular complexity index is 983. The van der Waals surface area contributed by atoms with Gasteiger partial charge in [0.1, 0.15) is 0 Å². The molecule has 2 aromatic rings. The predicted octanol–water partition coefficient (Wildman–Crippen LogP) is 9.17. The zero-order chi connectivity index (χ0) is 24.1. The van der Waals surface area contributed by atoms with Gasteiger partial charge in [-0.1, -0.05) is 43.7 Å². The molecule has 0 saturated heterocycles. The van der Waals surface area contributed by atoms with E-state index in [0.29, 0.717) is 35.3 Å². The topological polar surface area (TPSA) is 9.23 Å². The third-order valence-electron chi connectivity index (χ3n) is 8.05. The first-order valence-electron chi connectivity index (χ1n) is 13.1. The highest BCUT2D eigenvalue weighted by Crippen LogP contribution is 2.40. The van der Waals surface area contributed by atoms with Crippen molar-refractivity contribution < 1.29 is 17.9 Å². The van der Waals surface area contributed by atoms with E-state index < -0.39 is 11.6 Å². The number of ether oxygens (including phenoxy) is 1. The largest absolute Gasteiger partial charge is 0.491 e. The van der Waals surface area contributed by atoms with Crippen LogP contribution in [0.25, 0.3) is 6.08 Å². The Hall–Kier alpha value is -2.23. The summed E-state index contributed by atoms with van der Waals surface area (Å²) in [6.45, 7) is 4.49. The minimum absolute atomic E-state index is 0.137. The van der Waals surface area contributed by atoms with Crippen LogP contribution in [0, 0.1) is 29.3 Å². The van der Waals surface area contributed by atoms with Crippen molar-refractivity contribution in [3.63, 3.8) is 0 Å². The second kappa shape index (κ2) is 11.5. The summed E-state index contributed by atoms with van der Waals surface area (Å²) in [6, 6.07) is 8.82. The Balaban J connectivity index is 1.35. The van der Waals surface area contributed by atoms with E-state index in [9.17, 15) is 13.2 Å². The molecule has 2 aliphatic rings. The van der Waals surface area contributed by atoms with Gasteiger partial charge in [-0.05, 0) is 105 Å². The standard InChI is InChI=1S/C30H37F3O/c1-3-20-5-12-23(13-6-20)26-17-15-24(29(32)30(26)33)14-9-21-7-10-22(11-8-21)25-16-18-28(34-4-2)27(31)19-25/h9,14-23H,3-8,10-13H2,1-2H3. The van der Waals surface area contributed by atoms with E-state index in [0.717, 1.165) is 62.8 Å². The molecule has 0 unspecified atom stereocenters. The van der Waals surface area contributed by atoms with E-state index in [-0.39, 0.29) is 11.7 Å². The summed E-state index contributed by atoms with van der Waals surface area (Å²) in [5.74, 6) is 0.139. The van der Waals surface area contributed by atoms with E-state index >= 15 is 0 Å². The smallest absolute Gasteiger partial charge is 0.166 e. The second-order valence-electron chi connectivity index (χ2n) is 10.1. The van der Waals surface area contributed by atoms with Crippen LogP contribution in [-0.2, 0) is 0 Å². The normalized spacial score (nSPS) is 25.6. The molecule has 0 radical (unpaired) electrons. The highest BCUT2D eigenvalue weighted by atomic mass is 19.2. The van der Waals surface area contributed by atoms with Crippen LogP contribution in [0.3, 0.4) is 0 Å². The van der Waals surface area contributed by atoms with Gasteiger partial charge in [-0.3, -0.25) is 0 Å². The molecule has 0 bridgehead atoms. The summed E-state index contributed by atoms with van der Waals surface area (Å²) in [5.41, 5.74) is 1.89. The minimum Gasteiger partial charge on any atom is -0.491 e. The predicted molar refractivity (Wildman–Crippen MR) is 133 cm³/mol. The number of hydrogen-bond donors (Lipinski definition) is 0. The maximum Gasteiger partial charge on any atom is 0.166 e. The van der Waals surface area contributed by atoms with Gasteiger partial charge < -0.3 is 4.74 Å². The Morgan fingerprint density at radius 1 is 0.824 bits per heavy atom. The zero-order valence-electron chi connectivity index (χ0n) is 20.5. The fourth-order valence-corrected chi connectivity index (χ4v) is 5.83. The van der Waals surface area contributed by atoms with E-state index in [1.807, 2.05) is 19.1 Å². The first-order chi connectivity index (χ1) is 16.5. The first kappa shape index (κ1) is 24.9. The maximum atomic E-state index is 14.9. The lowest BCUT2D eigenvalue weighted by molar-refractivity contribution is 0.312. The lowest BCUT2D eigenvalue weighted by Crippen LogP contribution is -2.14. The summed E-state index contributed by atoms with van der Waals surface area (Å²) < 4.78 is 49.3. The highest BCUT2D eigenvalue weighted by Gasteiger charge is 2.26. The molecule has 0 heterocycles. The van der Waals surface area contributed by atoms with Crippen molar-refractivity contribution in [2.24, 2.45) is 11.8 Å². The molecule has 0 spiro atoms. The van der Waals surface area contributed by atoms with Crippen LogP contribution in [-0.4, -0.2) is 6.61 Å². The molecule has 0 aliphatic heterocycles. The molecule has 2 saturated carbocycles. The molecule has 1 nitrogen and oxygen atoms in total. The van der Waals surface area contributed by atoms with E-state index in [1.165, 1.54) is 6.42 Å². The van der Waals surface area contributed by atoms with Gasteiger partial charge in [-0.15, -0.1) is 0 Å². The first-order valence-corrected chi connectivity index (χ1v) is 13.1. The fraction of sp³-hybridized carbons (Fsp3) is 0.533. The summed E-state index contributed by atoms with van der Waals surface area (Å²) in [5, 5.41) is 0. The van der Waals surface area contributed by atoms with Gasteiger partial charge >= 0.3 is 0 Å².